The number of nitrogens with two attached hydrogens (primary N) is 1. The molecular formula is C8H20N2O. The standard InChI is InChI=1S/C8H20N2O/c1-7(2)10(4)6-8(3,11)5-9/h7,11H,5-6,9H2,1-4H3. The van der Waals surface area contributed by atoms with Crippen molar-refractivity contribution in [1.82, 2.24) is 4.90 Å². The van der Waals surface area contributed by atoms with Gasteiger partial charge in [0, 0.05) is 19.1 Å². The van der Waals surface area contributed by atoms with Gasteiger partial charge in [-0.2, -0.15) is 0 Å². The predicted octanol–water partition coefficient (Wildman–Crippen LogP) is 0.0363. The minimum atomic E-state index is -0.751. The third-order valence-corrected chi connectivity index (χ3v) is 1.91. The van der Waals surface area contributed by atoms with Crippen LogP contribution in [0.2, 0.25) is 0 Å². The molecule has 0 aromatic rings. The lowest BCUT2D eigenvalue weighted by molar-refractivity contribution is 0.0270. The SMILES string of the molecule is CC(C)N(C)CC(C)(O)CN. The highest BCUT2D eigenvalue weighted by Gasteiger charge is 2.21. The number of likely N-dealkylation sites (N-methyl/N-ethyl adjacent to an activating group) is 1. The maximum atomic E-state index is 9.58. The van der Waals surface area contributed by atoms with E-state index >= 15 is 0 Å². The Hall–Kier alpha value is -0.120. The molecule has 11 heavy (non-hydrogen) atoms. The Morgan fingerprint density at radius 2 is 2.00 bits per heavy atom. The highest BCUT2D eigenvalue weighted by atomic mass is 16.3. The molecule has 3 N–H and O–H groups in total. The van der Waals surface area contributed by atoms with Gasteiger partial charge in [0.1, 0.15) is 0 Å². The minimum absolute atomic E-state index is 0.310. The van der Waals surface area contributed by atoms with Crippen molar-refractivity contribution >= 4 is 0 Å². The maximum Gasteiger partial charge on any atom is 0.0867 e. The maximum absolute atomic E-state index is 9.58. The summed E-state index contributed by atoms with van der Waals surface area (Å²) in [7, 11) is 1.98. The normalized spacial score (nSPS) is 17.5. The van der Waals surface area contributed by atoms with Gasteiger partial charge in [0.2, 0.25) is 0 Å². The number of hydrogen-bond donors (Lipinski definition) is 2. The molecule has 0 amide bonds. The summed E-state index contributed by atoms with van der Waals surface area (Å²) >= 11 is 0. The second-order valence-corrected chi connectivity index (χ2v) is 3.71. The van der Waals surface area contributed by atoms with Crippen molar-refractivity contribution in [3.63, 3.8) is 0 Å². The minimum Gasteiger partial charge on any atom is -0.388 e. The zero-order chi connectivity index (χ0) is 9.07. The fourth-order valence-corrected chi connectivity index (χ4v) is 0.784. The van der Waals surface area contributed by atoms with Crippen LogP contribution in [0.3, 0.4) is 0 Å². The molecule has 0 aromatic heterocycles. The predicted molar refractivity (Wildman–Crippen MR) is 47.4 cm³/mol. The first-order valence-electron chi connectivity index (χ1n) is 4.02. The number of nitrogens with zero attached hydrogens (tertiary/aromatic N) is 1. The van der Waals surface area contributed by atoms with Crippen molar-refractivity contribution in [3.05, 3.63) is 0 Å². The molecule has 0 radical (unpaired) electrons. The van der Waals surface area contributed by atoms with Crippen LogP contribution in [0.15, 0.2) is 0 Å². The topological polar surface area (TPSA) is 49.5 Å². The van der Waals surface area contributed by atoms with Crippen molar-refractivity contribution in [2.75, 3.05) is 20.1 Å². The van der Waals surface area contributed by atoms with E-state index in [1.54, 1.807) is 6.92 Å². The molecule has 0 aromatic carbocycles. The second kappa shape index (κ2) is 4.04. The van der Waals surface area contributed by atoms with Crippen LogP contribution in [0.4, 0.5) is 0 Å². The van der Waals surface area contributed by atoms with Crippen LogP contribution in [0.25, 0.3) is 0 Å². The fourth-order valence-electron chi connectivity index (χ4n) is 0.784. The van der Waals surface area contributed by atoms with E-state index in [1.807, 2.05) is 7.05 Å². The summed E-state index contributed by atoms with van der Waals surface area (Å²) in [6, 6.07) is 0.452. The smallest absolute Gasteiger partial charge is 0.0867 e. The molecule has 0 rings (SSSR count). The summed E-state index contributed by atoms with van der Waals surface area (Å²) in [5, 5.41) is 9.58. The molecule has 0 aliphatic carbocycles. The van der Waals surface area contributed by atoms with Gasteiger partial charge in [-0.05, 0) is 27.8 Å². The molecule has 0 aliphatic heterocycles. The summed E-state index contributed by atoms with van der Waals surface area (Å²) in [5.74, 6) is 0. The fraction of sp³-hybridized carbons (Fsp3) is 1.00. The summed E-state index contributed by atoms with van der Waals surface area (Å²) in [5.41, 5.74) is 4.63. The first kappa shape index (κ1) is 10.9. The van der Waals surface area contributed by atoms with Crippen molar-refractivity contribution in [3.8, 4) is 0 Å². The van der Waals surface area contributed by atoms with Crippen molar-refractivity contribution < 1.29 is 5.11 Å². The molecule has 3 heteroatoms. The van der Waals surface area contributed by atoms with E-state index in [0.717, 1.165) is 0 Å². The monoisotopic (exact) mass is 160 g/mol. The Morgan fingerprint density at radius 1 is 1.55 bits per heavy atom. The zero-order valence-corrected chi connectivity index (χ0v) is 7.96. The summed E-state index contributed by atoms with van der Waals surface area (Å²) in [6.07, 6.45) is 0. The van der Waals surface area contributed by atoms with E-state index < -0.39 is 5.60 Å². The van der Waals surface area contributed by atoms with Crippen molar-refractivity contribution in [2.45, 2.75) is 32.4 Å². The lowest BCUT2D eigenvalue weighted by Crippen LogP contribution is -2.46. The van der Waals surface area contributed by atoms with Gasteiger partial charge in [-0.3, -0.25) is 0 Å². The Morgan fingerprint density at radius 3 is 2.27 bits per heavy atom. The molecule has 0 saturated carbocycles. The van der Waals surface area contributed by atoms with E-state index in [1.165, 1.54) is 0 Å². The van der Waals surface area contributed by atoms with E-state index in [0.29, 0.717) is 19.1 Å². The van der Waals surface area contributed by atoms with Gasteiger partial charge in [-0.25, -0.2) is 0 Å². The molecule has 0 saturated heterocycles. The highest BCUT2D eigenvalue weighted by molar-refractivity contribution is 4.77. The van der Waals surface area contributed by atoms with Crippen LogP contribution in [-0.2, 0) is 0 Å². The van der Waals surface area contributed by atoms with Gasteiger partial charge in [0.05, 0.1) is 5.60 Å². The van der Waals surface area contributed by atoms with Crippen LogP contribution in [0.5, 0.6) is 0 Å². The van der Waals surface area contributed by atoms with Crippen LogP contribution < -0.4 is 5.73 Å². The molecule has 68 valence electrons. The van der Waals surface area contributed by atoms with Crippen LogP contribution in [-0.4, -0.2) is 41.8 Å². The Bertz CT molecular complexity index is 113. The first-order valence-corrected chi connectivity index (χ1v) is 4.02. The van der Waals surface area contributed by atoms with Gasteiger partial charge in [0.15, 0.2) is 0 Å². The van der Waals surface area contributed by atoms with E-state index in [-0.39, 0.29) is 0 Å². The highest BCUT2D eigenvalue weighted by Crippen LogP contribution is 2.04. The Labute approximate surface area is 69.2 Å². The lowest BCUT2D eigenvalue weighted by Gasteiger charge is -2.30. The lowest BCUT2D eigenvalue weighted by atomic mass is 10.1. The Kier molecular flexibility index (Phi) is 4.00. The van der Waals surface area contributed by atoms with Crippen LogP contribution in [0.1, 0.15) is 20.8 Å². The first-order chi connectivity index (χ1) is 4.89. The molecule has 1 unspecified atom stereocenters. The van der Waals surface area contributed by atoms with E-state index in [4.69, 9.17) is 5.73 Å². The molecular weight excluding hydrogens is 140 g/mol. The molecule has 1 atom stereocenters. The van der Waals surface area contributed by atoms with Gasteiger partial charge in [0.25, 0.3) is 0 Å². The van der Waals surface area contributed by atoms with Gasteiger partial charge in [-0.1, -0.05) is 0 Å². The van der Waals surface area contributed by atoms with Crippen molar-refractivity contribution in [1.29, 1.82) is 0 Å². The second-order valence-electron chi connectivity index (χ2n) is 3.71. The van der Waals surface area contributed by atoms with Gasteiger partial charge in [-0.15, -0.1) is 0 Å². The zero-order valence-electron chi connectivity index (χ0n) is 7.96. The largest absolute Gasteiger partial charge is 0.388 e. The van der Waals surface area contributed by atoms with Crippen LogP contribution in [0, 0.1) is 0 Å². The summed E-state index contributed by atoms with van der Waals surface area (Å²) < 4.78 is 0. The average Bonchev–Trinajstić information content (AvgIpc) is 1.87. The molecule has 0 bridgehead atoms. The molecule has 0 fully saturated rings. The molecule has 0 aliphatic rings. The van der Waals surface area contributed by atoms with Gasteiger partial charge < -0.3 is 15.7 Å². The summed E-state index contributed by atoms with van der Waals surface area (Å²) in [4.78, 5) is 2.08. The van der Waals surface area contributed by atoms with Crippen LogP contribution >= 0.6 is 0 Å². The Balaban J connectivity index is 3.83. The summed E-state index contributed by atoms with van der Waals surface area (Å²) in [6.45, 7) is 6.87. The van der Waals surface area contributed by atoms with E-state index in [2.05, 4.69) is 18.7 Å². The van der Waals surface area contributed by atoms with Gasteiger partial charge >= 0.3 is 0 Å². The third kappa shape index (κ3) is 4.35. The number of hydrogen-bond acceptors (Lipinski definition) is 3. The molecule has 0 heterocycles. The molecule has 3 nitrogen and oxygen atoms in total. The molecule has 0 spiro atoms. The average molecular weight is 160 g/mol. The number of aliphatic hydroxyl groups is 1. The van der Waals surface area contributed by atoms with Crippen molar-refractivity contribution in [2.24, 2.45) is 5.73 Å². The number of rotatable bonds is 4. The van der Waals surface area contributed by atoms with E-state index in [9.17, 15) is 5.11 Å². The quantitative estimate of drug-likeness (QED) is 0.610. The third-order valence-electron chi connectivity index (χ3n) is 1.91.